The van der Waals surface area contributed by atoms with E-state index >= 15 is 0 Å². The SMILES string of the molecule is CCCC(C)(Nc1ccc(OCCN(C)C)cc1)C(=O)Nc1ccc(C#N)c(C(F)(F)F)c1. The largest absolute Gasteiger partial charge is 0.492 e. The summed E-state index contributed by atoms with van der Waals surface area (Å²) >= 11 is 0. The molecule has 2 N–H and O–H groups in total. The molecule has 0 heterocycles. The third kappa shape index (κ3) is 7.39. The standard InChI is InChI=1S/C24H29F3N4O2/c1-5-12-23(2,30-18-8-10-20(11-9-18)33-14-13-31(3)4)22(32)29-19-7-6-17(16-28)21(15-19)24(25,26)27/h6-11,15,30H,5,12-14H2,1-4H3,(H,29,32). The zero-order chi connectivity index (χ0) is 24.6. The maximum Gasteiger partial charge on any atom is 0.417 e. The number of rotatable bonds is 10. The van der Waals surface area contributed by atoms with Gasteiger partial charge in [0.05, 0.1) is 17.2 Å². The number of hydrogen-bond acceptors (Lipinski definition) is 5. The van der Waals surface area contributed by atoms with E-state index < -0.39 is 28.7 Å². The lowest BCUT2D eigenvalue weighted by Crippen LogP contribution is -2.47. The van der Waals surface area contributed by atoms with Gasteiger partial charge in [-0.2, -0.15) is 18.4 Å². The Bertz CT molecular complexity index is 985. The Labute approximate surface area is 192 Å². The first kappa shape index (κ1) is 26.0. The number of alkyl halides is 3. The van der Waals surface area contributed by atoms with Gasteiger partial charge in [0.2, 0.25) is 5.91 Å². The van der Waals surface area contributed by atoms with Crippen LogP contribution < -0.4 is 15.4 Å². The summed E-state index contributed by atoms with van der Waals surface area (Å²) in [5, 5.41) is 14.7. The fourth-order valence-electron chi connectivity index (χ4n) is 3.26. The van der Waals surface area contributed by atoms with Crippen molar-refractivity contribution >= 4 is 17.3 Å². The molecule has 0 radical (unpaired) electrons. The van der Waals surface area contributed by atoms with Gasteiger partial charge in [-0.25, -0.2) is 0 Å². The Kier molecular flexibility index (Phi) is 8.71. The number of anilines is 2. The van der Waals surface area contributed by atoms with E-state index in [-0.39, 0.29) is 5.69 Å². The molecule has 0 bridgehead atoms. The molecule has 178 valence electrons. The van der Waals surface area contributed by atoms with Crippen molar-refractivity contribution in [3.8, 4) is 11.8 Å². The molecule has 2 aromatic carbocycles. The highest BCUT2D eigenvalue weighted by atomic mass is 19.4. The second-order valence-electron chi connectivity index (χ2n) is 8.21. The van der Waals surface area contributed by atoms with Gasteiger partial charge in [-0.1, -0.05) is 13.3 Å². The maximum absolute atomic E-state index is 13.3. The summed E-state index contributed by atoms with van der Waals surface area (Å²) in [4.78, 5) is 15.1. The van der Waals surface area contributed by atoms with Crippen LogP contribution in [0.1, 0.15) is 37.8 Å². The molecule has 9 heteroatoms. The van der Waals surface area contributed by atoms with Crippen molar-refractivity contribution in [1.82, 2.24) is 4.90 Å². The number of likely N-dealkylation sites (N-methyl/N-ethyl adjacent to an activating group) is 1. The Hall–Kier alpha value is -3.25. The second-order valence-corrected chi connectivity index (χ2v) is 8.21. The predicted octanol–water partition coefficient (Wildman–Crippen LogP) is 5.13. The first-order chi connectivity index (χ1) is 15.5. The van der Waals surface area contributed by atoms with E-state index in [1.165, 1.54) is 12.1 Å². The second kappa shape index (κ2) is 11.1. The summed E-state index contributed by atoms with van der Waals surface area (Å²) < 4.78 is 45.4. The summed E-state index contributed by atoms with van der Waals surface area (Å²) in [7, 11) is 3.91. The van der Waals surface area contributed by atoms with Crippen LogP contribution in [0.2, 0.25) is 0 Å². The highest BCUT2D eigenvalue weighted by Gasteiger charge is 2.35. The van der Waals surface area contributed by atoms with Gasteiger partial charge < -0.3 is 20.3 Å². The van der Waals surface area contributed by atoms with Crippen LogP contribution >= 0.6 is 0 Å². The van der Waals surface area contributed by atoms with Crippen molar-refractivity contribution in [2.24, 2.45) is 0 Å². The van der Waals surface area contributed by atoms with Crippen LogP contribution in [0, 0.1) is 11.3 Å². The highest BCUT2D eigenvalue weighted by molar-refractivity contribution is 6.00. The molecular weight excluding hydrogens is 433 g/mol. The third-order valence-corrected chi connectivity index (χ3v) is 5.04. The number of nitrogens with one attached hydrogen (secondary N) is 2. The highest BCUT2D eigenvalue weighted by Crippen LogP contribution is 2.34. The number of hydrogen-bond donors (Lipinski definition) is 2. The van der Waals surface area contributed by atoms with E-state index in [4.69, 9.17) is 10.00 Å². The minimum atomic E-state index is -4.70. The molecule has 0 spiro atoms. The zero-order valence-electron chi connectivity index (χ0n) is 19.2. The maximum atomic E-state index is 13.3. The molecule has 2 aromatic rings. The van der Waals surface area contributed by atoms with Crippen LogP contribution in [0.5, 0.6) is 5.75 Å². The van der Waals surface area contributed by atoms with Gasteiger partial charge in [0.1, 0.15) is 17.9 Å². The number of carbonyl (C=O) groups excluding carboxylic acids is 1. The lowest BCUT2D eigenvalue weighted by molar-refractivity contribution is -0.137. The lowest BCUT2D eigenvalue weighted by atomic mass is 9.94. The molecule has 0 aromatic heterocycles. The normalized spacial score (nSPS) is 13.2. The third-order valence-electron chi connectivity index (χ3n) is 5.04. The molecule has 2 rings (SSSR count). The molecule has 1 unspecified atom stereocenters. The minimum Gasteiger partial charge on any atom is -0.492 e. The zero-order valence-corrected chi connectivity index (χ0v) is 19.2. The van der Waals surface area contributed by atoms with Crippen LogP contribution in [-0.4, -0.2) is 43.6 Å². The minimum absolute atomic E-state index is 0.0277. The number of nitriles is 1. The summed E-state index contributed by atoms with van der Waals surface area (Å²) in [5.41, 5.74) is -2.01. The van der Waals surface area contributed by atoms with Crippen molar-refractivity contribution in [2.45, 2.75) is 38.4 Å². The number of carbonyl (C=O) groups is 1. The Morgan fingerprint density at radius 2 is 1.76 bits per heavy atom. The van der Waals surface area contributed by atoms with Gasteiger partial charge in [0.15, 0.2) is 0 Å². The smallest absolute Gasteiger partial charge is 0.417 e. The van der Waals surface area contributed by atoms with Gasteiger partial charge in [0.25, 0.3) is 0 Å². The van der Waals surface area contributed by atoms with E-state index in [0.717, 1.165) is 18.7 Å². The van der Waals surface area contributed by atoms with Crippen LogP contribution in [-0.2, 0) is 11.0 Å². The average Bonchev–Trinajstić information content (AvgIpc) is 2.74. The van der Waals surface area contributed by atoms with E-state index in [0.29, 0.717) is 30.9 Å². The fraction of sp³-hybridized carbons (Fsp3) is 0.417. The first-order valence-corrected chi connectivity index (χ1v) is 10.6. The molecule has 33 heavy (non-hydrogen) atoms. The molecule has 0 saturated heterocycles. The van der Waals surface area contributed by atoms with Crippen molar-refractivity contribution in [2.75, 3.05) is 37.9 Å². The fourth-order valence-corrected chi connectivity index (χ4v) is 3.26. The number of amides is 1. The van der Waals surface area contributed by atoms with Crippen molar-refractivity contribution in [3.05, 3.63) is 53.6 Å². The van der Waals surface area contributed by atoms with Gasteiger partial charge in [-0.05, 0) is 69.9 Å². The molecule has 0 fully saturated rings. The van der Waals surface area contributed by atoms with E-state index in [9.17, 15) is 18.0 Å². The monoisotopic (exact) mass is 462 g/mol. The molecule has 0 aliphatic carbocycles. The molecule has 1 atom stereocenters. The van der Waals surface area contributed by atoms with Gasteiger partial charge >= 0.3 is 6.18 Å². The number of nitrogens with zero attached hydrogens (tertiary/aromatic N) is 2. The number of benzene rings is 2. The van der Waals surface area contributed by atoms with Crippen LogP contribution in [0.15, 0.2) is 42.5 Å². The average molecular weight is 463 g/mol. The van der Waals surface area contributed by atoms with E-state index in [1.807, 2.05) is 25.9 Å². The lowest BCUT2D eigenvalue weighted by Gasteiger charge is -2.30. The molecule has 6 nitrogen and oxygen atoms in total. The summed E-state index contributed by atoms with van der Waals surface area (Å²) in [6.45, 7) is 4.93. The Morgan fingerprint density at radius 1 is 1.12 bits per heavy atom. The van der Waals surface area contributed by atoms with E-state index in [1.54, 1.807) is 31.2 Å². The van der Waals surface area contributed by atoms with Crippen LogP contribution in [0.3, 0.4) is 0 Å². The molecule has 0 saturated carbocycles. The Balaban J connectivity index is 2.16. The van der Waals surface area contributed by atoms with Crippen molar-refractivity contribution in [1.29, 1.82) is 5.26 Å². The topological polar surface area (TPSA) is 77.4 Å². The van der Waals surface area contributed by atoms with Gasteiger partial charge in [0, 0.05) is 17.9 Å². The summed E-state index contributed by atoms with van der Waals surface area (Å²) in [5.74, 6) is 0.217. The first-order valence-electron chi connectivity index (χ1n) is 10.6. The van der Waals surface area contributed by atoms with E-state index in [2.05, 4.69) is 10.6 Å². The van der Waals surface area contributed by atoms with Crippen molar-refractivity contribution in [3.63, 3.8) is 0 Å². The van der Waals surface area contributed by atoms with Gasteiger partial charge in [-0.3, -0.25) is 4.79 Å². The molecular formula is C24H29F3N4O2. The number of halogens is 3. The summed E-state index contributed by atoms with van der Waals surface area (Å²) in [6.07, 6.45) is -3.58. The number of ether oxygens (including phenoxy) is 1. The quantitative estimate of drug-likeness (QED) is 0.512. The van der Waals surface area contributed by atoms with Crippen LogP contribution in [0.25, 0.3) is 0 Å². The molecule has 0 aliphatic heterocycles. The van der Waals surface area contributed by atoms with Gasteiger partial charge in [-0.15, -0.1) is 0 Å². The predicted molar refractivity (Wildman–Crippen MR) is 122 cm³/mol. The summed E-state index contributed by atoms with van der Waals surface area (Å²) in [6, 6.07) is 11.8. The van der Waals surface area contributed by atoms with Crippen LogP contribution in [0.4, 0.5) is 24.5 Å². The Morgan fingerprint density at radius 3 is 2.30 bits per heavy atom. The van der Waals surface area contributed by atoms with Crippen molar-refractivity contribution < 1.29 is 22.7 Å². The molecule has 1 amide bonds. The molecule has 0 aliphatic rings.